The van der Waals surface area contributed by atoms with Crippen LogP contribution in [0.2, 0.25) is 0 Å². The Labute approximate surface area is 172 Å². The van der Waals surface area contributed by atoms with Crippen LogP contribution >= 0.6 is 0 Å². The number of carbonyl (C=O) groups is 1. The fourth-order valence-electron chi connectivity index (χ4n) is 3.79. The van der Waals surface area contributed by atoms with Crippen molar-refractivity contribution in [1.29, 1.82) is 0 Å². The van der Waals surface area contributed by atoms with Gasteiger partial charge in [-0.05, 0) is 49.6 Å². The van der Waals surface area contributed by atoms with Crippen molar-refractivity contribution in [2.75, 3.05) is 11.0 Å². The third kappa shape index (κ3) is 4.72. The van der Waals surface area contributed by atoms with Gasteiger partial charge in [-0.3, -0.25) is 9.52 Å². The van der Waals surface area contributed by atoms with Gasteiger partial charge >= 0.3 is 0 Å². The Kier molecular flexibility index (Phi) is 5.89. The number of hydrogen-bond acceptors (Lipinski definition) is 4. The topological polar surface area (TPSA) is 84.5 Å². The number of aryl methyl sites for hydroxylation is 1. The molecule has 7 heteroatoms. The van der Waals surface area contributed by atoms with Crippen LogP contribution in [0.1, 0.15) is 60.6 Å². The number of anilines is 1. The lowest BCUT2D eigenvalue weighted by Crippen LogP contribution is -2.44. The first-order valence-corrected chi connectivity index (χ1v) is 11.7. The van der Waals surface area contributed by atoms with E-state index in [1.54, 1.807) is 25.1 Å². The Morgan fingerprint density at radius 1 is 1.17 bits per heavy atom. The van der Waals surface area contributed by atoms with Gasteiger partial charge < -0.3 is 10.1 Å². The molecule has 1 aliphatic heterocycles. The highest BCUT2D eigenvalue weighted by molar-refractivity contribution is 7.92. The summed E-state index contributed by atoms with van der Waals surface area (Å²) in [4.78, 5) is 13.0. The van der Waals surface area contributed by atoms with E-state index in [4.69, 9.17) is 4.74 Å². The molecular formula is C22H28N2O4S. The average molecular weight is 417 g/mol. The maximum atomic E-state index is 13.0. The molecule has 1 amide bonds. The number of carbonyl (C=O) groups excluding carboxylic acids is 1. The van der Waals surface area contributed by atoms with E-state index < -0.39 is 10.0 Å². The molecule has 156 valence electrons. The molecule has 0 radical (unpaired) electrons. The third-order valence-corrected chi connectivity index (χ3v) is 6.17. The molecule has 3 rings (SSSR count). The van der Waals surface area contributed by atoms with Crippen LogP contribution in [-0.2, 0) is 10.0 Å². The average Bonchev–Trinajstić information content (AvgIpc) is 2.68. The zero-order valence-corrected chi connectivity index (χ0v) is 18.1. The molecule has 1 heterocycles. The molecule has 0 unspecified atom stereocenters. The summed E-state index contributed by atoms with van der Waals surface area (Å²) in [5, 5.41) is 3.15. The van der Waals surface area contributed by atoms with E-state index in [1.165, 1.54) is 0 Å². The van der Waals surface area contributed by atoms with E-state index >= 15 is 0 Å². The van der Waals surface area contributed by atoms with Crippen molar-refractivity contribution in [2.45, 2.75) is 51.7 Å². The van der Waals surface area contributed by atoms with Gasteiger partial charge in [0.25, 0.3) is 5.91 Å². The van der Waals surface area contributed by atoms with Gasteiger partial charge in [0, 0.05) is 17.5 Å². The second kappa shape index (κ2) is 8.06. The lowest BCUT2D eigenvalue weighted by molar-refractivity contribution is 0.0227. The van der Waals surface area contributed by atoms with E-state index in [0.717, 1.165) is 30.4 Å². The molecular weight excluding hydrogens is 388 g/mol. The van der Waals surface area contributed by atoms with E-state index in [1.807, 2.05) is 24.3 Å². The summed E-state index contributed by atoms with van der Waals surface area (Å²) in [5.74, 6) is 0.624. The largest absolute Gasteiger partial charge is 0.487 e. The summed E-state index contributed by atoms with van der Waals surface area (Å²) in [5.41, 5.74) is 2.32. The van der Waals surface area contributed by atoms with Crippen LogP contribution in [0.15, 0.2) is 42.5 Å². The quantitative estimate of drug-likeness (QED) is 0.740. The number of nitrogens with one attached hydrogen (secondary N) is 2. The van der Waals surface area contributed by atoms with Crippen molar-refractivity contribution >= 4 is 21.6 Å². The fourth-order valence-corrected chi connectivity index (χ4v) is 4.42. The monoisotopic (exact) mass is 416 g/mol. The van der Waals surface area contributed by atoms with Crippen molar-refractivity contribution in [3.05, 3.63) is 59.2 Å². The SMILES string of the molecule is CCC1(CC)C[C@H](NC(=O)c2ccc(NS(C)(=O)=O)c(C)c2)c2ccccc2O1. The van der Waals surface area contributed by atoms with E-state index in [-0.39, 0.29) is 17.6 Å². The first-order chi connectivity index (χ1) is 13.7. The highest BCUT2D eigenvalue weighted by atomic mass is 32.2. The summed E-state index contributed by atoms with van der Waals surface area (Å²) in [6, 6.07) is 12.6. The number of benzene rings is 2. The van der Waals surface area contributed by atoms with E-state index in [0.29, 0.717) is 23.2 Å². The number of para-hydroxylation sites is 1. The van der Waals surface area contributed by atoms with Crippen molar-refractivity contribution in [3.63, 3.8) is 0 Å². The number of amides is 1. The zero-order chi connectivity index (χ0) is 21.2. The molecule has 0 saturated heterocycles. The predicted octanol–water partition coefficient (Wildman–Crippen LogP) is 4.18. The zero-order valence-electron chi connectivity index (χ0n) is 17.3. The molecule has 1 atom stereocenters. The van der Waals surface area contributed by atoms with E-state index in [9.17, 15) is 13.2 Å². The summed E-state index contributed by atoms with van der Waals surface area (Å²) in [6.45, 7) is 5.98. The second-order valence-corrected chi connectivity index (χ2v) is 9.41. The van der Waals surface area contributed by atoms with Gasteiger partial charge in [-0.15, -0.1) is 0 Å². The van der Waals surface area contributed by atoms with Gasteiger partial charge in [0.05, 0.1) is 18.0 Å². The van der Waals surface area contributed by atoms with Crippen molar-refractivity contribution in [3.8, 4) is 5.75 Å². The molecule has 0 saturated carbocycles. The molecule has 2 aromatic carbocycles. The Morgan fingerprint density at radius 3 is 2.48 bits per heavy atom. The number of hydrogen-bond donors (Lipinski definition) is 2. The van der Waals surface area contributed by atoms with Crippen LogP contribution in [0.3, 0.4) is 0 Å². The Morgan fingerprint density at radius 2 is 1.86 bits per heavy atom. The van der Waals surface area contributed by atoms with Gasteiger partial charge in [-0.1, -0.05) is 32.0 Å². The molecule has 0 fully saturated rings. The Bertz CT molecular complexity index is 1010. The normalized spacial score (nSPS) is 17.7. The first kappa shape index (κ1) is 21.2. The maximum absolute atomic E-state index is 13.0. The smallest absolute Gasteiger partial charge is 0.251 e. The maximum Gasteiger partial charge on any atom is 0.251 e. The van der Waals surface area contributed by atoms with Gasteiger partial charge in [0.1, 0.15) is 11.4 Å². The summed E-state index contributed by atoms with van der Waals surface area (Å²) in [6.07, 6.45) is 3.52. The van der Waals surface area contributed by atoms with E-state index in [2.05, 4.69) is 23.9 Å². The molecule has 2 N–H and O–H groups in total. The lowest BCUT2D eigenvalue weighted by atomic mass is 9.83. The lowest BCUT2D eigenvalue weighted by Gasteiger charge is -2.41. The van der Waals surface area contributed by atoms with Crippen molar-refractivity contribution < 1.29 is 17.9 Å². The summed E-state index contributed by atoms with van der Waals surface area (Å²) in [7, 11) is -3.37. The van der Waals surface area contributed by atoms with Crippen LogP contribution < -0.4 is 14.8 Å². The summed E-state index contributed by atoms with van der Waals surface area (Å²) < 4.78 is 31.7. The molecule has 0 spiro atoms. The molecule has 29 heavy (non-hydrogen) atoms. The molecule has 0 aromatic heterocycles. The van der Waals surface area contributed by atoms with Gasteiger partial charge in [-0.2, -0.15) is 0 Å². The molecule has 2 aromatic rings. The molecule has 0 aliphatic carbocycles. The van der Waals surface area contributed by atoms with Gasteiger partial charge in [-0.25, -0.2) is 8.42 Å². The molecule has 0 bridgehead atoms. The second-order valence-electron chi connectivity index (χ2n) is 7.66. The van der Waals surface area contributed by atoms with Gasteiger partial charge in [0.15, 0.2) is 0 Å². The molecule has 6 nitrogen and oxygen atoms in total. The minimum atomic E-state index is -3.37. The fraction of sp³-hybridized carbons (Fsp3) is 0.409. The van der Waals surface area contributed by atoms with Crippen LogP contribution in [0, 0.1) is 6.92 Å². The van der Waals surface area contributed by atoms with Crippen LogP contribution in [0.25, 0.3) is 0 Å². The van der Waals surface area contributed by atoms with Crippen LogP contribution in [0.4, 0.5) is 5.69 Å². The number of rotatable bonds is 6. The van der Waals surface area contributed by atoms with Crippen LogP contribution in [0.5, 0.6) is 5.75 Å². The Balaban J connectivity index is 1.85. The molecule has 1 aliphatic rings. The van der Waals surface area contributed by atoms with Gasteiger partial charge in [0.2, 0.25) is 10.0 Å². The minimum Gasteiger partial charge on any atom is -0.487 e. The third-order valence-electron chi connectivity index (χ3n) is 5.57. The highest BCUT2D eigenvalue weighted by Gasteiger charge is 2.39. The van der Waals surface area contributed by atoms with Crippen molar-refractivity contribution in [2.24, 2.45) is 0 Å². The first-order valence-electron chi connectivity index (χ1n) is 9.83. The number of fused-ring (bicyclic) bond motifs is 1. The van der Waals surface area contributed by atoms with Crippen molar-refractivity contribution in [1.82, 2.24) is 5.32 Å². The Hall–Kier alpha value is -2.54. The predicted molar refractivity (Wildman–Crippen MR) is 115 cm³/mol. The summed E-state index contributed by atoms with van der Waals surface area (Å²) >= 11 is 0. The number of sulfonamides is 1. The standard InChI is InChI=1S/C22H28N2O4S/c1-5-22(6-2)14-19(17-9-7-8-10-20(17)28-22)23-21(25)16-11-12-18(15(3)13-16)24-29(4,26)27/h7-13,19,24H,5-6,14H2,1-4H3,(H,23,25)/t19-/m0/s1. The number of ether oxygens (including phenoxy) is 1. The highest BCUT2D eigenvalue weighted by Crippen LogP contribution is 2.42. The van der Waals surface area contributed by atoms with Crippen LogP contribution in [-0.4, -0.2) is 26.2 Å². The minimum absolute atomic E-state index is 0.151.